The molecule has 1 unspecified atom stereocenters. The Balaban J connectivity index is 2.70. The van der Waals surface area contributed by atoms with Gasteiger partial charge in [-0.1, -0.05) is 26.0 Å². The van der Waals surface area contributed by atoms with Gasteiger partial charge in [0, 0.05) is 16.7 Å². The third-order valence-electron chi connectivity index (χ3n) is 3.23. The summed E-state index contributed by atoms with van der Waals surface area (Å²) in [5.74, 6) is 0.853. The molecule has 112 valence electrons. The average molecular weight is 294 g/mol. The van der Waals surface area contributed by atoms with Gasteiger partial charge in [-0.25, -0.2) is 0 Å². The van der Waals surface area contributed by atoms with Crippen molar-refractivity contribution in [1.82, 2.24) is 5.32 Å². The fourth-order valence-electron chi connectivity index (χ4n) is 2.00. The molecule has 0 saturated carbocycles. The van der Waals surface area contributed by atoms with Crippen LogP contribution in [0, 0.1) is 0 Å². The molecule has 0 aliphatic carbocycles. The Hall–Kier alpha value is -1.00. The van der Waals surface area contributed by atoms with E-state index in [9.17, 15) is 4.79 Å². The first-order valence-electron chi connectivity index (χ1n) is 7.05. The summed E-state index contributed by atoms with van der Waals surface area (Å²) in [6.07, 6.45) is 0. The van der Waals surface area contributed by atoms with Gasteiger partial charge in [-0.05, 0) is 44.4 Å². The highest BCUT2D eigenvalue weighted by atomic mass is 32.2. The summed E-state index contributed by atoms with van der Waals surface area (Å²) in [5, 5.41) is 3.26. The summed E-state index contributed by atoms with van der Waals surface area (Å²) in [5.41, 5.74) is 6.17. The second-order valence-corrected chi connectivity index (χ2v) is 7.06. The number of hydrogen-bond donors (Lipinski definition) is 2. The Morgan fingerprint density at radius 2 is 1.80 bits per heavy atom. The lowest BCUT2D eigenvalue weighted by molar-refractivity contribution is -0.123. The first-order chi connectivity index (χ1) is 9.24. The van der Waals surface area contributed by atoms with Crippen LogP contribution in [0.5, 0.6) is 0 Å². The van der Waals surface area contributed by atoms with Crippen molar-refractivity contribution in [3.05, 3.63) is 29.8 Å². The van der Waals surface area contributed by atoms with Gasteiger partial charge in [0.2, 0.25) is 5.91 Å². The topological polar surface area (TPSA) is 55.1 Å². The largest absolute Gasteiger partial charge is 0.368 e. The molecule has 4 heteroatoms. The zero-order chi connectivity index (χ0) is 15.3. The average Bonchev–Trinajstić information content (AvgIpc) is 2.36. The molecule has 1 rings (SSSR count). The van der Waals surface area contributed by atoms with Gasteiger partial charge >= 0.3 is 0 Å². The van der Waals surface area contributed by atoms with Gasteiger partial charge in [0.15, 0.2) is 0 Å². The molecule has 3 N–H and O–H groups in total. The van der Waals surface area contributed by atoms with Crippen LogP contribution < -0.4 is 11.1 Å². The van der Waals surface area contributed by atoms with Crippen molar-refractivity contribution in [1.29, 1.82) is 0 Å². The minimum atomic E-state index is -0.685. The Labute approximate surface area is 126 Å². The van der Waals surface area contributed by atoms with Gasteiger partial charge in [0.05, 0.1) is 0 Å². The first kappa shape index (κ1) is 17.1. The van der Waals surface area contributed by atoms with Crippen LogP contribution in [0.4, 0.5) is 0 Å². The number of primary amides is 1. The lowest BCUT2D eigenvalue weighted by Crippen LogP contribution is -2.57. The number of rotatable bonds is 7. The maximum absolute atomic E-state index is 11.7. The number of carbonyl (C=O) groups excluding carboxylic acids is 1. The molecule has 3 nitrogen and oxygen atoms in total. The normalized spacial score (nSPS) is 14.6. The molecule has 1 aromatic rings. The van der Waals surface area contributed by atoms with Crippen molar-refractivity contribution in [3.8, 4) is 0 Å². The van der Waals surface area contributed by atoms with E-state index in [-0.39, 0.29) is 11.9 Å². The first-order valence-corrected chi connectivity index (χ1v) is 8.03. The van der Waals surface area contributed by atoms with Gasteiger partial charge in [-0.3, -0.25) is 4.79 Å². The fraction of sp³-hybridized carbons (Fsp3) is 0.562. The van der Waals surface area contributed by atoms with Crippen LogP contribution in [0.1, 0.15) is 46.1 Å². The molecule has 1 aromatic carbocycles. The Kier molecular flexibility index (Phi) is 6.08. The SMILES string of the molecule is CC(C)NC(C)(CSc1ccc(C(C)C)cc1)C(N)=O. The fourth-order valence-corrected chi connectivity index (χ4v) is 3.01. The maximum Gasteiger partial charge on any atom is 0.238 e. The monoisotopic (exact) mass is 294 g/mol. The van der Waals surface area contributed by atoms with Crippen molar-refractivity contribution in [2.75, 3.05) is 5.75 Å². The summed E-state index contributed by atoms with van der Waals surface area (Å²) < 4.78 is 0. The molecule has 1 amide bonds. The molecule has 0 heterocycles. The van der Waals surface area contributed by atoms with Crippen LogP contribution in [-0.4, -0.2) is 23.2 Å². The van der Waals surface area contributed by atoms with Crippen LogP contribution >= 0.6 is 11.8 Å². The highest BCUT2D eigenvalue weighted by Gasteiger charge is 2.31. The van der Waals surface area contributed by atoms with Crippen molar-refractivity contribution < 1.29 is 4.79 Å². The maximum atomic E-state index is 11.7. The highest BCUT2D eigenvalue weighted by molar-refractivity contribution is 7.99. The third kappa shape index (κ3) is 4.84. The van der Waals surface area contributed by atoms with E-state index in [0.717, 1.165) is 4.90 Å². The molecule has 0 radical (unpaired) electrons. The van der Waals surface area contributed by atoms with Crippen LogP contribution in [0.25, 0.3) is 0 Å². The number of nitrogens with one attached hydrogen (secondary N) is 1. The smallest absolute Gasteiger partial charge is 0.238 e. The molecule has 0 aliphatic heterocycles. The molecule has 20 heavy (non-hydrogen) atoms. The number of thioether (sulfide) groups is 1. The van der Waals surface area contributed by atoms with Crippen LogP contribution in [0.15, 0.2) is 29.2 Å². The number of benzene rings is 1. The zero-order valence-corrected chi connectivity index (χ0v) is 13.9. The molecular weight excluding hydrogens is 268 g/mol. The van der Waals surface area contributed by atoms with E-state index in [1.165, 1.54) is 5.56 Å². The number of amides is 1. The Morgan fingerprint density at radius 3 is 2.20 bits per heavy atom. The molecule has 0 saturated heterocycles. The van der Waals surface area contributed by atoms with Crippen molar-refractivity contribution in [2.24, 2.45) is 5.73 Å². The predicted molar refractivity (Wildman–Crippen MR) is 87.1 cm³/mol. The van der Waals surface area contributed by atoms with E-state index >= 15 is 0 Å². The summed E-state index contributed by atoms with van der Waals surface area (Å²) in [6, 6.07) is 8.72. The minimum Gasteiger partial charge on any atom is -0.368 e. The summed E-state index contributed by atoms with van der Waals surface area (Å²) in [4.78, 5) is 12.8. The highest BCUT2D eigenvalue weighted by Crippen LogP contribution is 2.25. The quantitative estimate of drug-likeness (QED) is 0.760. The lowest BCUT2D eigenvalue weighted by Gasteiger charge is -2.29. The van der Waals surface area contributed by atoms with E-state index in [0.29, 0.717) is 11.7 Å². The standard InChI is InChI=1S/C16H26N2OS/c1-11(2)13-6-8-14(9-7-13)20-10-16(5,15(17)19)18-12(3)4/h6-9,11-12,18H,10H2,1-5H3,(H2,17,19). The van der Waals surface area contributed by atoms with Crippen LogP contribution in [-0.2, 0) is 4.79 Å². The summed E-state index contributed by atoms with van der Waals surface area (Å²) in [7, 11) is 0. The lowest BCUT2D eigenvalue weighted by atomic mass is 10.0. The molecule has 1 atom stereocenters. The molecule has 0 aromatic heterocycles. The second kappa shape index (κ2) is 7.14. The van der Waals surface area contributed by atoms with E-state index in [2.05, 4.69) is 43.4 Å². The van der Waals surface area contributed by atoms with Crippen LogP contribution in [0.3, 0.4) is 0 Å². The molecule has 0 fully saturated rings. The van der Waals surface area contributed by atoms with Crippen molar-refractivity contribution in [2.45, 2.75) is 57.0 Å². The van der Waals surface area contributed by atoms with Gasteiger partial charge < -0.3 is 11.1 Å². The molecular formula is C16H26N2OS. The molecule has 0 spiro atoms. The van der Waals surface area contributed by atoms with Crippen LogP contribution in [0.2, 0.25) is 0 Å². The minimum absolute atomic E-state index is 0.219. The third-order valence-corrected chi connectivity index (χ3v) is 4.55. The van der Waals surface area contributed by atoms with Gasteiger partial charge in [0.25, 0.3) is 0 Å². The zero-order valence-electron chi connectivity index (χ0n) is 13.1. The van der Waals surface area contributed by atoms with Crippen molar-refractivity contribution in [3.63, 3.8) is 0 Å². The second-order valence-electron chi connectivity index (χ2n) is 6.01. The van der Waals surface area contributed by atoms with E-state index in [4.69, 9.17) is 5.73 Å². The summed E-state index contributed by atoms with van der Waals surface area (Å²) in [6.45, 7) is 10.3. The number of carbonyl (C=O) groups is 1. The van der Waals surface area contributed by atoms with Gasteiger partial charge in [-0.15, -0.1) is 11.8 Å². The Bertz CT molecular complexity index is 442. The van der Waals surface area contributed by atoms with E-state index in [1.807, 2.05) is 20.8 Å². The van der Waals surface area contributed by atoms with Crippen molar-refractivity contribution >= 4 is 17.7 Å². The van der Waals surface area contributed by atoms with E-state index in [1.54, 1.807) is 11.8 Å². The van der Waals surface area contributed by atoms with E-state index < -0.39 is 5.54 Å². The summed E-state index contributed by atoms with van der Waals surface area (Å²) >= 11 is 1.65. The number of nitrogens with two attached hydrogens (primary N) is 1. The number of hydrogen-bond acceptors (Lipinski definition) is 3. The van der Waals surface area contributed by atoms with Gasteiger partial charge in [0.1, 0.15) is 5.54 Å². The predicted octanol–water partition coefficient (Wildman–Crippen LogP) is 3.14. The molecule has 0 bridgehead atoms. The van der Waals surface area contributed by atoms with Gasteiger partial charge in [-0.2, -0.15) is 0 Å². The Morgan fingerprint density at radius 1 is 1.25 bits per heavy atom. The molecule has 0 aliphatic rings.